The molecule has 1 unspecified atom stereocenters. The van der Waals surface area contributed by atoms with Crippen LogP contribution in [0, 0.1) is 12.7 Å². The third-order valence-corrected chi connectivity index (χ3v) is 2.78. The van der Waals surface area contributed by atoms with Crippen molar-refractivity contribution in [3.05, 3.63) is 29.6 Å². The highest BCUT2D eigenvalue weighted by atomic mass is 19.1. The van der Waals surface area contributed by atoms with E-state index in [0.717, 1.165) is 5.56 Å². The topological polar surface area (TPSA) is 49.4 Å². The molecule has 0 aliphatic carbocycles. The number of carbonyl (C=O) groups is 2. The molecule has 1 aliphatic heterocycles. The first-order valence-corrected chi connectivity index (χ1v) is 5.36. The highest BCUT2D eigenvalue weighted by Gasteiger charge is 2.31. The number of amides is 2. The Kier molecular flexibility index (Phi) is 2.83. The van der Waals surface area contributed by atoms with Crippen molar-refractivity contribution in [1.29, 1.82) is 0 Å². The Morgan fingerprint density at radius 3 is 2.82 bits per heavy atom. The minimum Gasteiger partial charge on any atom is -0.343 e. The van der Waals surface area contributed by atoms with Gasteiger partial charge < -0.3 is 10.2 Å². The molecule has 17 heavy (non-hydrogen) atoms. The third-order valence-electron chi connectivity index (χ3n) is 2.78. The lowest BCUT2D eigenvalue weighted by molar-refractivity contribution is -0.130. The summed E-state index contributed by atoms with van der Waals surface area (Å²) in [6.07, 6.45) is 0. The molecule has 5 heteroatoms. The zero-order valence-corrected chi connectivity index (χ0v) is 9.66. The molecule has 1 aliphatic rings. The van der Waals surface area contributed by atoms with Crippen LogP contribution in [0.5, 0.6) is 0 Å². The van der Waals surface area contributed by atoms with Gasteiger partial charge in [-0.25, -0.2) is 4.39 Å². The zero-order chi connectivity index (χ0) is 12.6. The van der Waals surface area contributed by atoms with Crippen LogP contribution < -0.4 is 10.2 Å². The Bertz CT molecular complexity index is 487. The molecular formula is C12H13FN2O2. The number of hydrogen-bond acceptors (Lipinski definition) is 2. The predicted octanol–water partition coefficient (Wildman–Crippen LogP) is 0.985. The van der Waals surface area contributed by atoms with Crippen LogP contribution in [-0.4, -0.2) is 24.4 Å². The van der Waals surface area contributed by atoms with Gasteiger partial charge in [0.15, 0.2) is 0 Å². The largest absolute Gasteiger partial charge is 0.343 e. The van der Waals surface area contributed by atoms with Crippen molar-refractivity contribution in [2.45, 2.75) is 19.9 Å². The maximum absolute atomic E-state index is 13.2. The molecule has 1 heterocycles. The average molecular weight is 236 g/mol. The van der Waals surface area contributed by atoms with Crippen molar-refractivity contribution in [2.24, 2.45) is 0 Å². The van der Waals surface area contributed by atoms with E-state index in [2.05, 4.69) is 5.32 Å². The second-order valence-corrected chi connectivity index (χ2v) is 4.14. The van der Waals surface area contributed by atoms with Gasteiger partial charge in [-0.3, -0.25) is 9.59 Å². The molecule has 0 radical (unpaired) electrons. The normalized spacial score (nSPS) is 20.4. The van der Waals surface area contributed by atoms with Crippen LogP contribution in [0.3, 0.4) is 0 Å². The van der Waals surface area contributed by atoms with Crippen molar-refractivity contribution in [1.82, 2.24) is 5.32 Å². The maximum atomic E-state index is 13.2. The molecule has 2 amide bonds. The van der Waals surface area contributed by atoms with E-state index in [9.17, 15) is 14.0 Å². The SMILES string of the molecule is Cc1ccc(F)cc1N1CC(=O)NC(C)C1=O. The van der Waals surface area contributed by atoms with Crippen LogP contribution in [0.4, 0.5) is 10.1 Å². The van der Waals surface area contributed by atoms with E-state index < -0.39 is 11.9 Å². The first-order valence-electron chi connectivity index (χ1n) is 5.36. The summed E-state index contributed by atoms with van der Waals surface area (Å²) in [5, 5.41) is 2.54. The maximum Gasteiger partial charge on any atom is 0.249 e. The number of anilines is 1. The summed E-state index contributed by atoms with van der Waals surface area (Å²) >= 11 is 0. The summed E-state index contributed by atoms with van der Waals surface area (Å²) in [5.74, 6) is -0.879. The van der Waals surface area contributed by atoms with E-state index in [4.69, 9.17) is 0 Å². The van der Waals surface area contributed by atoms with Crippen molar-refractivity contribution in [3.8, 4) is 0 Å². The first kappa shape index (κ1) is 11.6. The van der Waals surface area contributed by atoms with Crippen molar-refractivity contribution in [2.75, 3.05) is 11.4 Å². The van der Waals surface area contributed by atoms with Gasteiger partial charge in [0, 0.05) is 0 Å². The minimum atomic E-state index is -0.570. The molecule has 1 atom stereocenters. The monoisotopic (exact) mass is 236 g/mol. The van der Waals surface area contributed by atoms with Gasteiger partial charge in [0.2, 0.25) is 11.8 Å². The summed E-state index contributed by atoms with van der Waals surface area (Å²) in [4.78, 5) is 24.6. The van der Waals surface area contributed by atoms with Gasteiger partial charge in [-0.15, -0.1) is 0 Å². The number of piperazine rings is 1. The fourth-order valence-corrected chi connectivity index (χ4v) is 1.88. The van der Waals surface area contributed by atoms with E-state index >= 15 is 0 Å². The number of nitrogens with zero attached hydrogens (tertiary/aromatic N) is 1. The van der Waals surface area contributed by atoms with E-state index in [1.54, 1.807) is 19.9 Å². The Labute approximate surface area is 98.4 Å². The van der Waals surface area contributed by atoms with Gasteiger partial charge in [0.25, 0.3) is 0 Å². The van der Waals surface area contributed by atoms with Gasteiger partial charge in [-0.05, 0) is 31.5 Å². The zero-order valence-electron chi connectivity index (χ0n) is 9.66. The van der Waals surface area contributed by atoms with E-state index in [0.29, 0.717) is 5.69 Å². The Balaban J connectivity index is 2.41. The quantitative estimate of drug-likeness (QED) is 0.790. The standard InChI is InChI=1S/C12H13FN2O2/c1-7-3-4-9(13)5-10(7)15-6-11(16)14-8(2)12(15)17/h3-5,8H,6H2,1-2H3,(H,14,16). The van der Waals surface area contributed by atoms with Gasteiger partial charge in [-0.2, -0.15) is 0 Å². The van der Waals surface area contributed by atoms with Crippen LogP contribution in [0.15, 0.2) is 18.2 Å². The van der Waals surface area contributed by atoms with E-state index in [-0.39, 0.29) is 18.4 Å². The van der Waals surface area contributed by atoms with Gasteiger partial charge in [0.05, 0.1) is 5.69 Å². The second-order valence-electron chi connectivity index (χ2n) is 4.14. The molecule has 0 spiro atoms. The number of aryl methyl sites for hydroxylation is 1. The van der Waals surface area contributed by atoms with Gasteiger partial charge in [-0.1, -0.05) is 6.07 Å². The predicted molar refractivity (Wildman–Crippen MR) is 61.1 cm³/mol. The van der Waals surface area contributed by atoms with Crippen molar-refractivity contribution in [3.63, 3.8) is 0 Å². The van der Waals surface area contributed by atoms with E-state index in [1.165, 1.54) is 17.0 Å². The number of hydrogen-bond donors (Lipinski definition) is 1. The highest BCUT2D eigenvalue weighted by molar-refractivity contribution is 6.06. The summed E-state index contributed by atoms with van der Waals surface area (Å²) in [6, 6.07) is 3.63. The summed E-state index contributed by atoms with van der Waals surface area (Å²) in [7, 11) is 0. The van der Waals surface area contributed by atoms with Crippen LogP contribution in [0.25, 0.3) is 0 Å². The molecule has 2 rings (SSSR count). The van der Waals surface area contributed by atoms with E-state index in [1.807, 2.05) is 0 Å². The van der Waals surface area contributed by atoms with Crippen LogP contribution in [0.1, 0.15) is 12.5 Å². The van der Waals surface area contributed by atoms with Crippen molar-refractivity contribution < 1.29 is 14.0 Å². The lowest BCUT2D eigenvalue weighted by Gasteiger charge is -2.31. The molecule has 1 aromatic rings. The Hall–Kier alpha value is -1.91. The Morgan fingerprint density at radius 2 is 2.12 bits per heavy atom. The molecule has 1 fully saturated rings. The molecule has 1 aromatic carbocycles. The van der Waals surface area contributed by atoms with Crippen LogP contribution in [0.2, 0.25) is 0 Å². The number of benzene rings is 1. The van der Waals surface area contributed by atoms with Crippen molar-refractivity contribution >= 4 is 17.5 Å². The number of carbonyl (C=O) groups excluding carboxylic acids is 2. The third kappa shape index (κ3) is 2.13. The second kappa shape index (κ2) is 4.16. The van der Waals surface area contributed by atoms with Gasteiger partial charge in [0.1, 0.15) is 18.4 Å². The molecule has 1 saturated heterocycles. The average Bonchev–Trinajstić information content (AvgIpc) is 2.27. The molecule has 0 bridgehead atoms. The summed E-state index contributed by atoms with van der Waals surface area (Å²) < 4.78 is 13.2. The molecule has 1 N–H and O–H groups in total. The molecule has 0 aromatic heterocycles. The number of halogens is 1. The van der Waals surface area contributed by atoms with Crippen LogP contribution >= 0.6 is 0 Å². The Morgan fingerprint density at radius 1 is 1.41 bits per heavy atom. The smallest absolute Gasteiger partial charge is 0.249 e. The minimum absolute atomic E-state index is 0.0620. The first-order chi connectivity index (χ1) is 7.99. The summed E-state index contributed by atoms with van der Waals surface area (Å²) in [6.45, 7) is 3.33. The van der Waals surface area contributed by atoms with Gasteiger partial charge >= 0.3 is 0 Å². The molecule has 4 nitrogen and oxygen atoms in total. The fourth-order valence-electron chi connectivity index (χ4n) is 1.88. The molecular weight excluding hydrogens is 223 g/mol. The fraction of sp³-hybridized carbons (Fsp3) is 0.333. The number of nitrogens with one attached hydrogen (secondary N) is 1. The summed E-state index contributed by atoms with van der Waals surface area (Å²) in [5.41, 5.74) is 1.22. The lowest BCUT2D eigenvalue weighted by Crippen LogP contribution is -2.57. The van der Waals surface area contributed by atoms with Crippen LogP contribution in [-0.2, 0) is 9.59 Å². The lowest BCUT2D eigenvalue weighted by atomic mass is 10.1. The number of rotatable bonds is 1. The molecule has 0 saturated carbocycles. The molecule has 90 valence electrons. The highest BCUT2D eigenvalue weighted by Crippen LogP contribution is 2.23.